The molecule has 2 heterocycles. The molecule has 3 nitrogen and oxygen atoms in total. The molecule has 2 aromatic heterocycles. The predicted molar refractivity (Wildman–Crippen MR) is 107 cm³/mol. The van der Waals surface area contributed by atoms with Crippen molar-refractivity contribution in [2.24, 2.45) is 0 Å². The zero-order valence-electron chi connectivity index (χ0n) is 14.7. The number of fused-ring (bicyclic) bond motifs is 1. The van der Waals surface area contributed by atoms with Crippen molar-refractivity contribution in [2.75, 3.05) is 0 Å². The molecule has 2 aromatic carbocycles. The Morgan fingerprint density at radius 3 is 2.74 bits per heavy atom. The molecule has 1 N–H and O–H groups in total. The van der Waals surface area contributed by atoms with Crippen LogP contribution < -0.4 is 5.32 Å². The topological polar surface area (TPSA) is 42.0 Å². The molecular formula is C22H17FN2OS. The van der Waals surface area contributed by atoms with Gasteiger partial charge in [0.05, 0.1) is 11.1 Å². The second-order valence-corrected chi connectivity index (χ2v) is 7.21. The van der Waals surface area contributed by atoms with Crippen LogP contribution in [0.15, 0.2) is 66.0 Å². The van der Waals surface area contributed by atoms with Gasteiger partial charge < -0.3 is 5.32 Å². The second-order valence-electron chi connectivity index (χ2n) is 6.26. The number of halogens is 1. The number of pyridine rings is 1. The standard InChI is InChI=1S/C22H17FN2OS/c1-14-12-18(22(26)24-13-15-6-2-3-9-19(15)23)16-7-4-8-17(21(16)25-14)20-10-5-11-27-20/h2-12H,13H2,1H3,(H,24,26). The molecular weight excluding hydrogens is 359 g/mol. The van der Waals surface area contributed by atoms with E-state index in [1.54, 1.807) is 35.6 Å². The summed E-state index contributed by atoms with van der Waals surface area (Å²) in [6, 6.07) is 18.1. The predicted octanol–water partition coefficient (Wildman–Crippen LogP) is 5.34. The van der Waals surface area contributed by atoms with Gasteiger partial charge in [-0.05, 0) is 30.5 Å². The monoisotopic (exact) mass is 376 g/mol. The summed E-state index contributed by atoms with van der Waals surface area (Å²) in [5.74, 6) is -0.564. The third-order valence-electron chi connectivity index (χ3n) is 4.40. The first-order chi connectivity index (χ1) is 13.1. The van der Waals surface area contributed by atoms with Gasteiger partial charge in [-0.25, -0.2) is 4.39 Å². The van der Waals surface area contributed by atoms with E-state index in [0.717, 1.165) is 27.0 Å². The first kappa shape index (κ1) is 17.4. The van der Waals surface area contributed by atoms with Gasteiger partial charge in [0.1, 0.15) is 5.82 Å². The Hall–Kier alpha value is -3.05. The summed E-state index contributed by atoms with van der Waals surface area (Å²) in [4.78, 5) is 18.6. The van der Waals surface area contributed by atoms with Crippen molar-refractivity contribution in [3.05, 3.63) is 88.7 Å². The number of rotatable bonds is 4. The maximum Gasteiger partial charge on any atom is 0.252 e. The second kappa shape index (κ2) is 7.29. The number of aromatic nitrogens is 1. The Morgan fingerprint density at radius 1 is 1.11 bits per heavy atom. The van der Waals surface area contributed by atoms with Crippen LogP contribution in [0.1, 0.15) is 21.6 Å². The lowest BCUT2D eigenvalue weighted by Gasteiger charge is -2.11. The zero-order valence-corrected chi connectivity index (χ0v) is 15.5. The fourth-order valence-electron chi connectivity index (χ4n) is 3.11. The quantitative estimate of drug-likeness (QED) is 0.522. The number of benzene rings is 2. The molecule has 27 heavy (non-hydrogen) atoms. The van der Waals surface area contributed by atoms with E-state index in [1.165, 1.54) is 6.07 Å². The van der Waals surface area contributed by atoms with Gasteiger partial charge >= 0.3 is 0 Å². The molecule has 0 saturated carbocycles. The van der Waals surface area contributed by atoms with Crippen molar-refractivity contribution in [2.45, 2.75) is 13.5 Å². The highest BCUT2D eigenvalue weighted by Crippen LogP contribution is 2.32. The normalized spacial score (nSPS) is 10.9. The van der Waals surface area contributed by atoms with Crippen LogP contribution >= 0.6 is 11.3 Å². The van der Waals surface area contributed by atoms with Crippen molar-refractivity contribution >= 4 is 28.1 Å². The van der Waals surface area contributed by atoms with Crippen molar-refractivity contribution in [3.63, 3.8) is 0 Å². The third kappa shape index (κ3) is 3.46. The van der Waals surface area contributed by atoms with Gasteiger partial charge in [-0.3, -0.25) is 9.78 Å². The molecule has 0 aliphatic carbocycles. The van der Waals surface area contributed by atoms with Crippen LogP contribution in [-0.4, -0.2) is 10.9 Å². The Bertz CT molecular complexity index is 1120. The number of carbonyl (C=O) groups is 1. The molecule has 0 radical (unpaired) electrons. The van der Waals surface area contributed by atoms with Gasteiger partial charge in [0.25, 0.3) is 5.91 Å². The van der Waals surface area contributed by atoms with E-state index in [4.69, 9.17) is 0 Å². The summed E-state index contributed by atoms with van der Waals surface area (Å²) < 4.78 is 13.8. The molecule has 4 aromatic rings. The minimum absolute atomic E-state index is 0.138. The van der Waals surface area contributed by atoms with Gasteiger partial charge in [-0.2, -0.15) is 0 Å². The Labute approximate surface area is 160 Å². The third-order valence-corrected chi connectivity index (χ3v) is 5.30. The molecule has 1 amide bonds. The van der Waals surface area contributed by atoms with Crippen LogP contribution in [-0.2, 0) is 6.54 Å². The van der Waals surface area contributed by atoms with E-state index < -0.39 is 0 Å². The highest BCUT2D eigenvalue weighted by Gasteiger charge is 2.15. The summed E-state index contributed by atoms with van der Waals surface area (Å²) in [5, 5.41) is 5.63. The van der Waals surface area contributed by atoms with E-state index in [9.17, 15) is 9.18 Å². The number of carbonyl (C=O) groups excluding carboxylic acids is 1. The lowest BCUT2D eigenvalue weighted by molar-refractivity contribution is 0.0952. The molecule has 0 atom stereocenters. The SMILES string of the molecule is Cc1cc(C(=O)NCc2ccccc2F)c2cccc(-c3cccs3)c2n1. The molecule has 0 saturated heterocycles. The van der Waals surface area contributed by atoms with Crippen LogP contribution in [0.25, 0.3) is 21.3 Å². The van der Waals surface area contributed by atoms with Crippen LogP contribution in [0, 0.1) is 12.7 Å². The molecule has 134 valence electrons. The number of aryl methyl sites for hydroxylation is 1. The Kier molecular flexibility index (Phi) is 4.69. The van der Waals surface area contributed by atoms with Crippen LogP contribution in [0.2, 0.25) is 0 Å². The number of para-hydroxylation sites is 1. The molecule has 4 rings (SSSR count). The van der Waals surface area contributed by atoms with Crippen LogP contribution in [0.3, 0.4) is 0 Å². The smallest absolute Gasteiger partial charge is 0.252 e. The number of hydrogen-bond acceptors (Lipinski definition) is 3. The highest BCUT2D eigenvalue weighted by atomic mass is 32.1. The minimum atomic E-state index is -0.325. The minimum Gasteiger partial charge on any atom is -0.348 e. The first-order valence-corrected chi connectivity index (χ1v) is 9.47. The summed E-state index contributed by atoms with van der Waals surface area (Å²) in [6.07, 6.45) is 0. The molecule has 0 aliphatic heterocycles. The van der Waals surface area contributed by atoms with Crippen molar-refractivity contribution < 1.29 is 9.18 Å². The van der Waals surface area contributed by atoms with Gasteiger partial charge in [0.15, 0.2) is 0 Å². The van der Waals surface area contributed by atoms with E-state index in [-0.39, 0.29) is 18.3 Å². The average Bonchev–Trinajstić information content (AvgIpc) is 3.20. The van der Waals surface area contributed by atoms with Gasteiger partial charge in [0, 0.05) is 33.6 Å². The van der Waals surface area contributed by atoms with Crippen LogP contribution in [0.5, 0.6) is 0 Å². The van der Waals surface area contributed by atoms with Crippen molar-refractivity contribution in [1.82, 2.24) is 10.3 Å². The maximum absolute atomic E-state index is 13.8. The molecule has 0 unspecified atom stereocenters. The van der Waals surface area contributed by atoms with E-state index >= 15 is 0 Å². The number of nitrogens with one attached hydrogen (secondary N) is 1. The Morgan fingerprint density at radius 2 is 1.96 bits per heavy atom. The molecule has 0 spiro atoms. The molecule has 5 heteroatoms. The van der Waals surface area contributed by atoms with Gasteiger partial charge in [0.2, 0.25) is 0 Å². The number of thiophene rings is 1. The maximum atomic E-state index is 13.8. The molecule has 0 fully saturated rings. The zero-order chi connectivity index (χ0) is 18.8. The average molecular weight is 376 g/mol. The lowest BCUT2D eigenvalue weighted by atomic mass is 10.0. The fourth-order valence-corrected chi connectivity index (χ4v) is 3.86. The number of amides is 1. The summed E-state index contributed by atoms with van der Waals surface area (Å²) in [7, 11) is 0. The van der Waals surface area contributed by atoms with E-state index in [1.807, 2.05) is 42.6 Å². The molecule has 0 aliphatic rings. The first-order valence-electron chi connectivity index (χ1n) is 8.59. The fraction of sp³-hybridized carbons (Fsp3) is 0.0909. The highest BCUT2D eigenvalue weighted by molar-refractivity contribution is 7.13. The van der Waals surface area contributed by atoms with Crippen molar-refractivity contribution in [1.29, 1.82) is 0 Å². The van der Waals surface area contributed by atoms with E-state index in [2.05, 4.69) is 10.3 Å². The van der Waals surface area contributed by atoms with Gasteiger partial charge in [-0.1, -0.05) is 42.5 Å². The van der Waals surface area contributed by atoms with Gasteiger partial charge in [-0.15, -0.1) is 11.3 Å². The largest absolute Gasteiger partial charge is 0.348 e. The summed E-state index contributed by atoms with van der Waals surface area (Å²) in [6.45, 7) is 2.01. The summed E-state index contributed by atoms with van der Waals surface area (Å²) in [5.41, 5.74) is 3.58. The van der Waals surface area contributed by atoms with E-state index in [0.29, 0.717) is 11.1 Å². The lowest BCUT2D eigenvalue weighted by Crippen LogP contribution is -2.23. The number of nitrogens with zero attached hydrogens (tertiary/aromatic N) is 1. The number of hydrogen-bond donors (Lipinski definition) is 1. The van der Waals surface area contributed by atoms with Crippen LogP contribution in [0.4, 0.5) is 4.39 Å². The molecule has 0 bridgehead atoms. The van der Waals surface area contributed by atoms with Crippen molar-refractivity contribution in [3.8, 4) is 10.4 Å². The Balaban J connectivity index is 1.72. The summed E-state index contributed by atoms with van der Waals surface area (Å²) >= 11 is 1.64.